The Morgan fingerprint density at radius 3 is 2.58 bits per heavy atom. The molecule has 3 heteroatoms. The van der Waals surface area contributed by atoms with E-state index >= 15 is 0 Å². The molecule has 0 amide bonds. The number of fused-ring (bicyclic) bond motifs is 1. The zero-order chi connectivity index (χ0) is 18.4. The fourth-order valence-electron chi connectivity index (χ4n) is 3.20. The number of aryl methyl sites for hydroxylation is 2. The zero-order valence-corrected chi connectivity index (χ0v) is 15.1. The van der Waals surface area contributed by atoms with Gasteiger partial charge in [-0.05, 0) is 65.8 Å². The summed E-state index contributed by atoms with van der Waals surface area (Å²) in [5, 5.41) is 11.2. The van der Waals surface area contributed by atoms with Crippen molar-refractivity contribution in [3.05, 3.63) is 77.4 Å². The van der Waals surface area contributed by atoms with Crippen LogP contribution < -0.4 is 4.74 Å². The van der Waals surface area contributed by atoms with E-state index in [-0.39, 0.29) is 6.42 Å². The van der Waals surface area contributed by atoms with Crippen LogP contribution in [-0.2, 0) is 17.8 Å². The van der Waals surface area contributed by atoms with E-state index in [4.69, 9.17) is 9.84 Å². The second kappa shape index (κ2) is 8.52. The van der Waals surface area contributed by atoms with Gasteiger partial charge in [0.1, 0.15) is 12.4 Å². The molecule has 1 N–H and O–H groups in total. The van der Waals surface area contributed by atoms with Crippen molar-refractivity contribution in [2.45, 2.75) is 39.2 Å². The molecule has 0 radical (unpaired) electrons. The average Bonchev–Trinajstić information content (AvgIpc) is 2.65. The number of rotatable bonds is 8. The summed E-state index contributed by atoms with van der Waals surface area (Å²) in [5.74, 6) is 0.123. The third-order valence-corrected chi connectivity index (χ3v) is 4.63. The lowest BCUT2D eigenvalue weighted by Gasteiger charge is -2.11. The van der Waals surface area contributed by atoms with Gasteiger partial charge in [0.05, 0.1) is 0 Å². The van der Waals surface area contributed by atoms with E-state index in [0.717, 1.165) is 18.6 Å². The highest BCUT2D eigenvalue weighted by Gasteiger charge is 2.05. The number of hydrogen-bond acceptors (Lipinski definition) is 2. The van der Waals surface area contributed by atoms with Crippen molar-refractivity contribution in [1.82, 2.24) is 0 Å². The van der Waals surface area contributed by atoms with Crippen LogP contribution in [0.15, 0.2) is 60.7 Å². The number of carboxylic acid groups (broad SMARTS) is 1. The first-order chi connectivity index (χ1) is 12.6. The first-order valence-corrected chi connectivity index (χ1v) is 9.04. The zero-order valence-electron chi connectivity index (χ0n) is 15.1. The average molecular weight is 348 g/mol. The molecule has 0 heterocycles. The van der Waals surface area contributed by atoms with Gasteiger partial charge in [0.15, 0.2) is 0 Å². The highest BCUT2D eigenvalue weighted by Crippen LogP contribution is 2.24. The summed E-state index contributed by atoms with van der Waals surface area (Å²) < 4.78 is 6.03. The van der Waals surface area contributed by atoms with E-state index in [1.807, 2.05) is 12.1 Å². The third-order valence-electron chi connectivity index (χ3n) is 4.63. The van der Waals surface area contributed by atoms with Crippen LogP contribution in [0.3, 0.4) is 0 Å². The van der Waals surface area contributed by atoms with Gasteiger partial charge in [-0.1, -0.05) is 48.5 Å². The van der Waals surface area contributed by atoms with Crippen LogP contribution >= 0.6 is 0 Å². The molecule has 0 bridgehead atoms. The van der Waals surface area contributed by atoms with Gasteiger partial charge in [0, 0.05) is 6.42 Å². The highest BCUT2D eigenvalue weighted by atomic mass is 16.5. The van der Waals surface area contributed by atoms with E-state index in [0.29, 0.717) is 13.0 Å². The second-order valence-corrected chi connectivity index (χ2v) is 6.62. The summed E-state index contributed by atoms with van der Waals surface area (Å²) >= 11 is 0. The molecule has 0 saturated heterocycles. The van der Waals surface area contributed by atoms with E-state index in [9.17, 15) is 4.79 Å². The minimum absolute atomic E-state index is 0.233. The molecule has 0 atom stereocenters. The van der Waals surface area contributed by atoms with Gasteiger partial charge in [-0.3, -0.25) is 4.79 Å². The number of hydrogen-bond donors (Lipinski definition) is 1. The Kier molecular flexibility index (Phi) is 5.90. The van der Waals surface area contributed by atoms with Gasteiger partial charge in [-0.2, -0.15) is 0 Å². The molecule has 3 aromatic carbocycles. The molecule has 3 rings (SSSR count). The number of benzene rings is 3. The molecular formula is C23H24O3. The van der Waals surface area contributed by atoms with Gasteiger partial charge in [-0.25, -0.2) is 0 Å². The smallest absolute Gasteiger partial charge is 0.303 e. The maximum absolute atomic E-state index is 10.6. The van der Waals surface area contributed by atoms with Gasteiger partial charge in [0.25, 0.3) is 0 Å². The summed E-state index contributed by atoms with van der Waals surface area (Å²) in [4.78, 5) is 10.6. The lowest BCUT2D eigenvalue weighted by molar-refractivity contribution is -0.137. The van der Waals surface area contributed by atoms with Crippen molar-refractivity contribution in [1.29, 1.82) is 0 Å². The Bertz CT molecular complexity index is 899. The molecule has 3 aromatic rings. The Hall–Kier alpha value is -2.81. The van der Waals surface area contributed by atoms with Gasteiger partial charge >= 0.3 is 5.97 Å². The Morgan fingerprint density at radius 2 is 1.77 bits per heavy atom. The largest absolute Gasteiger partial charge is 0.489 e. The van der Waals surface area contributed by atoms with Crippen LogP contribution in [0.4, 0.5) is 0 Å². The van der Waals surface area contributed by atoms with Crippen molar-refractivity contribution in [3.8, 4) is 5.75 Å². The Labute approximate surface area is 154 Å². The molecule has 0 aliphatic heterocycles. The summed E-state index contributed by atoms with van der Waals surface area (Å²) in [6.07, 6.45) is 2.68. The minimum atomic E-state index is -0.729. The van der Waals surface area contributed by atoms with Crippen LogP contribution in [0.1, 0.15) is 36.0 Å². The topological polar surface area (TPSA) is 46.5 Å². The number of carboxylic acids is 1. The molecule has 0 saturated carbocycles. The monoisotopic (exact) mass is 348 g/mol. The quantitative estimate of drug-likeness (QED) is 0.545. The fraction of sp³-hybridized carbons (Fsp3) is 0.261. The Morgan fingerprint density at radius 1 is 0.962 bits per heavy atom. The van der Waals surface area contributed by atoms with Crippen molar-refractivity contribution in [2.24, 2.45) is 0 Å². The van der Waals surface area contributed by atoms with Gasteiger partial charge < -0.3 is 9.84 Å². The maximum atomic E-state index is 10.6. The number of unbranched alkanes of at least 4 members (excludes halogenated alkanes) is 1. The fourth-order valence-corrected chi connectivity index (χ4v) is 3.20. The lowest BCUT2D eigenvalue weighted by atomic mass is 10.0. The molecule has 3 nitrogen and oxygen atoms in total. The van der Waals surface area contributed by atoms with Crippen molar-refractivity contribution >= 4 is 16.7 Å². The normalized spacial score (nSPS) is 10.8. The summed E-state index contributed by atoms with van der Waals surface area (Å²) in [6, 6.07) is 20.8. The predicted octanol–water partition coefficient (Wildman–Crippen LogP) is 5.52. The number of aliphatic carboxylic acids is 1. The molecule has 134 valence electrons. The molecule has 0 unspecified atom stereocenters. The summed E-state index contributed by atoms with van der Waals surface area (Å²) in [7, 11) is 0. The van der Waals surface area contributed by atoms with E-state index in [1.54, 1.807) is 0 Å². The van der Waals surface area contributed by atoms with Crippen LogP contribution in [0.2, 0.25) is 0 Å². The first-order valence-electron chi connectivity index (χ1n) is 9.04. The molecule has 26 heavy (non-hydrogen) atoms. The molecule has 0 aliphatic rings. The third kappa shape index (κ3) is 4.63. The number of carbonyl (C=O) groups is 1. The van der Waals surface area contributed by atoms with Gasteiger partial charge in [0.2, 0.25) is 0 Å². The van der Waals surface area contributed by atoms with Crippen LogP contribution in [0, 0.1) is 6.92 Å². The molecule has 0 aliphatic carbocycles. The van der Waals surface area contributed by atoms with Crippen LogP contribution in [0.25, 0.3) is 10.8 Å². The van der Waals surface area contributed by atoms with Crippen molar-refractivity contribution in [2.75, 3.05) is 0 Å². The van der Waals surface area contributed by atoms with Gasteiger partial charge in [-0.15, -0.1) is 0 Å². The predicted molar refractivity (Wildman–Crippen MR) is 105 cm³/mol. The number of ether oxygens (including phenoxy) is 1. The molecule has 0 spiro atoms. The standard InChI is InChI=1S/C23H24O3/c1-17-13-14-19(22-11-4-3-10-21(17)22)16-26-20-9-6-8-18(15-20)7-2-5-12-23(24)25/h3-4,6,8-11,13-15H,2,5,7,12,16H2,1H3,(H,24,25). The summed E-state index contributed by atoms with van der Waals surface area (Å²) in [6.45, 7) is 2.66. The maximum Gasteiger partial charge on any atom is 0.303 e. The molecular weight excluding hydrogens is 324 g/mol. The van der Waals surface area contributed by atoms with Crippen molar-refractivity contribution < 1.29 is 14.6 Å². The SMILES string of the molecule is Cc1ccc(COc2cccc(CCCCC(=O)O)c2)c2ccccc12. The molecule has 0 fully saturated rings. The van der Waals surface area contributed by atoms with E-state index in [2.05, 4.69) is 55.5 Å². The molecule has 0 aromatic heterocycles. The van der Waals surface area contributed by atoms with Crippen LogP contribution in [-0.4, -0.2) is 11.1 Å². The second-order valence-electron chi connectivity index (χ2n) is 6.62. The first kappa shape index (κ1) is 18.0. The lowest BCUT2D eigenvalue weighted by Crippen LogP contribution is -1.98. The van der Waals surface area contributed by atoms with E-state index in [1.165, 1.54) is 27.5 Å². The minimum Gasteiger partial charge on any atom is -0.489 e. The highest BCUT2D eigenvalue weighted by molar-refractivity contribution is 5.88. The summed E-state index contributed by atoms with van der Waals surface area (Å²) in [5.41, 5.74) is 3.63. The van der Waals surface area contributed by atoms with Crippen LogP contribution in [0.5, 0.6) is 5.75 Å². The Balaban J connectivity index is 1.64. The van der Waals surface area contributed by atoms with Crippen molar-refractivity contribution in [3.63, 3.8) is 0 Å². The van der Waals surface area contributed by atoms with E-state index < -0.39 is 5.97 Å².